The molecule has 0 radical (unpaired) electrons. The summed E-state index contributed by atoms with van der Waals surface area (Å²) in [5, 5.41) is 5.81. The molecule has 124 valence electrons. The Morgan fingerprint density at radius 2 is 1.61 bits per heavy atom. The molecule has 2 saturated carbocycles. The summed E-state index contributed by atoms with van der Waals surface area (Å²) < 4.78 is 0. The molecule has 0 aliphatic heterocycles. The zero-order chi connectivity index (χ0) is 16.6. The van der Waals surface area contributed by atoms with Crippen LogP contribution in [0.4, 0.5) is 11.4 Å². The summed E-state index contributed by atoms with van der Waals surface area (Å²) in [7, 11) is 0. The second kappa shape index (κ2) is 6.32. The summed E-state index contributed by atoms with van der Waals surface area (Å²) in [4.78, 5) is 24.2. The number of benzene rings is 1. The maximum Gasteiger partial charge on any atom is 0.229 e. The first-order valence-electron chi connectivity index (χ1n) is 8.43. The van der Waals surface area contributed by atoms with Gasteiger partial charge < -0.3 is 16.4 Å². The number of hydrogen-bond acceptors (Lipinski definition) is 3. The van der Waals surface area contributed by atoms with Crippen LogP contribution in [0.25, 0.3) is 0 Å². The molecule has 2 aliphatic rings. The zero-order valence-electron chi connectivity index (χ0n) is 13.7. The van der Waals surface area contributed by atoms with Crippen molar-refractivity contribution in [2.45, 2.75) is 39.2 Å². The van der Waals surface area contributed by atoms with Crippen molar-refractivity contribution in [3.63, 3.8) is 0 Å². The molecule has 0 spiro atoms. The number of nitrogens with one attached hydrogen (secondary N) is 2. The summed E-state index contributed by atoms with van der Waals surface area (Å²) in [5.41, 5.74) is 7.70. The second-order valence-electron chi connectivity index (χ2n) is 7.15. The largest absolute Gasteiger partial charge is 0.327 e. The van der Waals surface area contributed by atoms with E-state index in [-0.39, 0.29) is 29.7 Å². The molecule has 1 aromatic rings. The van der Waals surface area contributed by atoms with Crippen LogP contribution in [0.15, 0.2) is 24.3 Å². The summed E-state index contributed by atoms with van der Waals surface area (Å²) >= 11 is 0. The van der Waals surface area contributed by atoms with Gasteiger partial charge in [-0.05, 0) is 55.4 Å². The van der Waals surface area contributed by atoms with Gasteiger partial charge in [0.1, 0.15) is 0 Å². The minimum Gasteiger partial charge on any atom is -0.327 e. The van der Waals surface area contributed by atoms with E-state index in [0.29, 0.717) is 11.8 Å². The van der Waals surface area contributed by atoms with Gasteiger partial charge in [-0.25, -0.2) is 0 Å². The van der Waals surface area contributed by atoms with E-state index in [1.807, 2.05) is 26.0 Å². The molecule has 5 heteroatoms. The fraction of sp³-hybridized carbons (Fsp3) is 0.556. The molecule has 4 atom stereocenters. The summed E-state index contributed by atoms with van der Waals surface area (Å²) in [6.45, 7) is 3.70. The van der Waals surface area contributed by atoms with Gasteiger partial charge in [0.25, 0.3) is 0 Å². The molecule has 2 bridgehead atoms. The molecule has 2 amide bonds. The highest BCUT2D eigenvalue weighted by Crippen LogP contribution is 2.47. The molecule has 4 N–H and O–H groups in total. The zero-order valence-corrected chi connectivity index (χ0v) is 13.7. The van der Waals surface area contributed by atoms with Crippen molar-refractivity contribution in [1.29, 1.82) is 0 Å². The minimum absolute atomic E-state index is 0.00152. The predicted molar refractivity (Wildman–Crippen MR) is 90.8 cm³/mol. The fourth-order valence-corrected chi connectivity index (χ4v) is 3.87. The molecule has 3 rings (SSSR count). The van der Waals surface area contributed by atoms with E-state index in [9.17, 15) is 9.59 Å². The maximum absolute atomic E-state index is 12.5. The number of carbonyl (C=O) groups is 2. The summed E-state index contributed by atoms with van der Waals surface area (Å²) in [6.07, 6.45) is 3.38. The van der Waals surface area contributed by atoms with E-state index >= 15 is 0 Å². The number of hydrogen-bond donors (Lipinski definition) is 3. The van der Waals surface area contributed by atoms with Gasteiger partial charge >= 0.3 is 0 Å². The molecule has 2 aliphatic carbocycles. The van der Waals surface area contributed by atoms with Crippen LogP contribution < -0.4 is 16.4 Å². The number of carbonyl (C=O) groups excluding carboxylic acids is 2. The topological polar surface area (TPSA) is 84.2 Å². The molecule has 0 saturated heterocycles. The Labute approximate surface area is 137 Å². The standard InChI is InChI=1S/C18H25N3O2/c1-10(2)17(22)20-13-5-7-14(8-6-13)21-18(23)15-11-3-4-12(9-11)16(15)19/h5-8,10-12,15-16H,3-4,9,19H2,1-2H3,(H,20,22)(H,21,23). The van der Waals surface area contributed by atoms with Gasteiger partial charge in [-0.2, -0.15) is 0 Å². The third-order valence-corrected chi connectivity index (χ3v) is 5.23. The lowest BCUT2D eigenvalue weighted by molar-refractivity contribution is -0.122. The minimum atomic E-state index is -0.0614. The number of amides is 2. The Morgan fingerprint density at radius 3 is 2.13 bits per heavy atom. The molecule has 0 heterocycles. The van der Waals surface area contributed by atoms with Crippen molar-refractivity contribution in [2.75, 3.05) is 10.6 Å². The van der Waals surface area contributed by atoms with Gasteiger partial charge in [-0.15, -0.1) is 0 Å². The van der Waals surface area contributed by atoms with E-state index in [0.717, 1.165) is 24.2 Å². The summed E-state index contributed by atoms with van der Waals surface area (Å²) in [6, 6.07) is 7.23. The van der Waals surface area contributed by atoms with E-state index < -0.39 is 0 Å². The normalized spacial score (nSPS) is 28.9. The van der Waals surface area contributed by atoms with E-state index in [4.69, 9.17) is 5.73 Å². The Bertz CT molecular complexity index is 595. The van der Waals surface area contributed by atoms with Crippen LogP contribution in [0, 0.1) is 23.7 Å². The maximum atomic E-state index is 12.5. The molecule has 5 nitrogen and oxygen atoms in total. The van der Waals surface area contributed by atoms with Gasteiger partial charge in [0, 0.05) is 23.3 Å². The van der Waals surface area contributed by atoms with E-state index in [2.05, 4.69) is 10.6 Å². The number of rotatable bonds is 4. The van der Waals surface area contributed by atoms with Crippen molar-refractivity contribution >= 4 is 23.2 Å². The Hall–Kier alpha value is -1.88. The van der Waals surface area contributed by atoms with Crippen LogP contribution in [-0.2, 0) is 9.59 Å². The smallest absolute Gasteiger partial charge is 0.229 e. The Balaban J connectivity index is 1.60. The van der Waals surface area contributed by atoms with Crippen molar-refractivity contribution in [3.05, 3.63) is 24.3 Å². The fourth-order valence-electron chi connectivity index (χ4n) is 3.87. The second-order valence-corrected chi connectivity index (χ2v) is 7.15. The average Bonchev–Trinajstić information content (AvgIpc) is 3.09. The molecule has 1 aromatic carbocycles. The van der Waals surface area contributed by atoms with Crippen LogP contribution in [0.1, 0.15) is 33.1 Å². The van der Waals surface area contributed by atoms with Crippen molar-refractivity contribution in [2.24, 2.45) is 29.4 Å². The third-order valence-electron chi connectivity index (χ3n) is 5.23. The first-order valence-corrected chi connectivity index (χ1v) is 8.43. The van der Waals surface area contributed by atoms with Crippen molar-refractivity contribution < 1.29 is 9.59 Å². The van der Waals surface area contributed by atoms with Gasteiger partial charge in [0.15, 0.2) is 0 Å². The van der Waals surface area contributed by atoms with E-state index in [1.165, 1.54) is 6.42 Å². The summed E-state index contributed by atoms with van der Waals surface area (Å²) in [5.74, 6) is 0.852. The van der Waals surface area contributed by atoms with Crippen LogP contribution in [0.2, 0.25) is 0 Å². The monoisotopic (exact) mass is 315 g/mol. The van der Waals surface area contributed by atoms with Crippen molar-refractivity contribution in [1.82, 2.24) is 0 Å². The first-order chi connectivity index (χ1) is 11.0. The number of nitrogens with two attached hydrogens (primary N) is 1. The number of fused-ring (bicyclic) bond motifs is 2. The molecule has 0 aromatic heterocycles. The van der Waals surface area contributed by atoms with Crippen molar-refractivity contribution in [3.8, 4) is 0 Å². The molecule has 2 fully saturated rings. The van der Waals surface area contributed by atoms with E-state index in [1.54, 1.807) is 12.1 Å². The van der Waals surface area contributed by atoms with Gasteiger partial charge in [0.2, 0.25) is 11.8 Å². The van der Waals surface area contributed by atoms with Crippen LogP contribution in [0.5, 0.6) is 0 Å². The first kappa shape index (κ1) is 16.0. The molecule has 23 heavy (non-hydrogen) atoms. The van der Waals surface area contributed by atoms with Gasteiger partial charge in [-0.1, -0.05) is 13.8 Å². The van der Waals surface area contributed by atoms with Gasteiger partial charge in [0.05, 0.1) is 5.92 Å². The molecular formula is C18H25N3O2. The highest BCUT2D eigenvalue weighted by molar-refractivity contribution is 5.95. The lowest BCUT2D eigenvalue weighted by Gasteiger charge is -2.27. The molecule has 4 unspecified atom stereocenters. The molecular weight excluding hydrogens is 290 g/mol. The highest BCUT2D eigenvalue weighted by Gasteiger charge is 2.49. The lowest BCUT2D eigenvalue weighted by Crippen LogP contribution is -2.42. The van der Waals surface area contributed by atoms with Crippen LogP contribution in [0.3, 0.4) is 0 Å². The lowest BCUT2D eigenvalue weighted by atomic mass is 9.84. The highest BCUT2D eigenvalue weighted by atomic mass is 16.2. The average molecular weight is 315 g/mol. The van der Waals surface area contributed by atoms with Gasteiger partial charge in [-0.3, -0.25) is 9.59 Å². The third kappa shape index (κ3) is 3.24. The van der Waals surface area contributed by atoms with Crippen LogP contribution >= 0.6 is 0 Å². The SMILES string of the molecule is CC(C)C(=O)Nc1ccc(NC(=O)C2C3CCC(C3)C2N)cc1. The Kier molecular flexibility index (Phi) is 4.39. The Morgan fingerprint density at radius 1 is 1.04 bits per heavy atom. The predicted octanol–water partition coefficient (Wildman–Crippen LogP) is 2.59. The van der Waals surface area contributed by atoms with Crippen LogP contribution in [-0.4, -0.2) is 17.9 Å². The number of anilines is 2. The quantitative estimate of drug-likeness (QED) is 0.798.